The van der Waals surface area contributed by atoms with E-state index >= 15 is 0 Å². The number of piperidine rings is 1. The molecule has 0 aromatic carbocycles. The fourth-order valence-corrected chi connectivity index (χ4v) is 2.22. The molecular formula is C11H24N2O. The lowest BCUT2D eigenvalue weighted by molar-refractivity contribution is 0.0852. The van der Waals surface area contributed by atoms with Crippen molar-refractivity contribution in [1.82, 2.24) is 10.2 Å². The topological polar surface area (TPSA) is 35.5 Å². The van der Waals surface area contributed by atoms with Crippen LogP contribution in [0.25, 0.3) is 0 Å². The molecule has 0 radical (unpaired) electrons. The fraction of sp³-hybridized carbons (Fsp3) is 1.00. The third-order valence-corrected chi connectivity index (χ3v) is 2.83. The second-order valence-corrected chi connectivity index (χ2v) is 4.33. The summed E-state index contributed by atoms with van der Waals surface area (Å²) in [6, 6.07) is 0.686. The molecule has 1 atom stereocenters. The van der Waals surface area contributed by atoms with Crippen LogP contribution < -0.4 is 5.32 Å². The van der Waals surface area contributed by atoms with E-state index in [1.165, 1.54) is 19.3 Å². The molecule has 0 aromatic heterocycles. The van der Waals surface area contributed by atoms with E-state index in [-0.39, 0.29) is 6.10 Å². The van der Waals surface area contributed by atoms with Crippen LogP contribution in [-0.2, 0) is 0 Å². The SMILES string of the molecule is CCCN(C[C@@H](C)O)C1CCNCC1. The summed E-state index contributed by atoms with van der Waals surface area (Å²) in [5.41, 5.74) is 0. The number of nitrogens with one attached hydrogen (secondary N) is 1. The maximum atomic E-state index is 9.42. The predicted octanol–water partition coefficient (Wildman–Crippen LogP) is 0.831. The minimum atomic E-state index is -0.198. The Labute approximate surface area is 87.5 Å². The van der Waals surface area contributed by atoms with E-state index in [0.717, 1.165) is 26.2 Å². The van der Waals surface area contributed by atoms with Gasteiger partial charge in [0.15, 0.2) is 0 Å². The van der Waals surface area contributed by atoms with E-state index in [2.05, 4.69) is 17.1 Å². The molecule has 0 saturated carbocycles. The van der Waals surface area contributed by atoms with Gasteiger partial charge in [-0.15, -0.1) is 0 Å². The van der Waals surface area contributed by atoms with Gasteiger partial charge < -0.3 is 10.4 Å². The molecule has 14 heavy (non-hydrogen) atoms. The quantitative estimate of drug-likeness (QED) is 0.690. The largest absolute Gasteiger partial charge is 0.392 e. The van der Waals surface area contributed by atoms with Crippen molar-refractivity contribution in [3.8, 4) is 0 Å². The molecule has 1 saturated heterocycles. The highest BCUT2D eigenvalue weighted by atomic mass is 16.3. The second-order valence-electron chi connectivity index (χ2n) is 4.33. The predicted molar refractivity (Wildman–Crippen MR) is 59.4 cm³/mol. The summed E-state index contributed by atoms with van der Waals surface area (Å²) in [5, 5.41) is 12.8. The van der Waals surface area contributed by atoms with Crippen LogP contribution in [0.5, 0.6) is 0 Å². The van der Waals surface area contributed by atoms with Crippen molar-refractivity contribution in [2.45, 2.75) is 45.3 Å². The summed E-state index contributed by atoms with van der Waals surface area (Å²) in [4.78, 5) is 2.45. The first kappa shape index (κ1) is 12.0. The summed E-state index contributed by atoms with van der Waals surface area (Å²) >= 11 is 0. The first-order valence-electron chi connectivity index (χ1n) is 5.87. The molecule has 0 bridgehead atoms. The number of hydrogen-bond donors (Lipinski definition) is 2. The molecule has 2 N–H and O–H groups in total. The standard InChI is InChI=1S/C11H24N2O/c1-3-8-13(9-10(2)14)11-4-6-12-7-5-11/h10-12,14H,3-9H2,1-2H3/t10-/m1/s1. The summed E-state index contributed by atoms with van der Waals surface area (Å²) < 4.78 is 0. The zero-order valence-electron chi connectivity index (χ0n) is 9.50. The van der Waals surface area contributed by atoms with E-state index in [1.807, 2.05) is 6.92 Å². The van der Waals surface area contributed by atoms with Gasteiger partial charge in [0, 0.05) is 12.6 Å². The highest BCUT2D eigenvalue weighted by molar-refractivity contribution is 4.78. The van der Waals surface area contributed by atoms with Gasteiger partial charge in [-0.3, -0.25) is 4.90 Å². The average Bonchev–Trinajstić information content (AvgIpc) is 2.18. The molecule has 1 aliphatic heterocycles. The molecule has 84 valence electrons. The number of aliphatic hydroxyl groups is 1. The number of nitrogens with zero attached hydrogens (tertiary/aromatic N) is 1. The average molecular weight is 200 g/mol. The van der Waals surface area contributed by atoms with E-state index < -0.39 is 0 Å². The van der Waals surface area contributed by atoms with Gasteiger partial charge >= 0.3 is 0 Å². The Kier molecular flexibility index (Phi) is 5.45. The smallest absolute Gasteiger partial charge is 0.0639 e. The number of hydrogen-bond acceptors (Lipinski definition) is 3. The van der Waals surface area contributed by atoms with Crippen LogP contribution >= 0.6 is 0 Å². The molecule has 3 nitrogen and oxygen atoms in total. The molecule has 1 rings (SSSR count). The van der Waals surface area contributed by atoms with Crippen LogP contribution in [0.4, 0.5) is 0 Å². The van der Waals surface area contributed by atoms with Crippen molar-refractivity contribution in [2.24, 2.45) is 0 Å². The molecule has 0 aliphatic carbocycles. The Balaban J connectivity index is 2.38. The van der Waals surface area contributed by atoms with Gasteiger partial charge in [0.05, 0.1) is 6.10 Å². The summed E-state index contributed by atoms with van der Waals surface area (Å²) in [7, 11) is 0. The van der Waals surface area contributed by atoms with Crippen LogP contribution in [0.2, 0.25) is 0 Å². The maximum Gasteiger partial charge on any atom is 0.0639 e. The lowest BCUT2D eigenvalue weighted by Crippen LogP contribution is -2.45. The fourth-order valence-electron chi connectivity index (χ4n) is 2.22. The van der Waals surface area contributed by atoms with E-state index in [1.54, 1.807) is 0 Å². The highest BCUT2D eigenvalue weighted by Gasteiger charge is 2.20. The lowest BCUT2D eigenvalue weighted by Gasteiger charge is -2.35. The summed E-state index contributed by atoms with van der Waals surface area (Å²) in [5.74, 6) is 0. The zero-order valence-corrected chi connectivity index (χ0v) is 9.50. The molecule has 0 spiro atoms. The van der Waals surface area contributed by atoms with Crippen molar-refractivity contribution in [1.29, 1.82) is 0 Å². The molecule has 0 aromatic rings. The molecule has 1 fully saturated rings. The third-order valence-electron chi connectivity index (χ3n) is 2.83. The van der Waals surface area contributed by atoms with Gasteiger partial charge in [0.1, 0.15) is 0 Å². The molecule has 1 aliphatic rings. The van der Waals surface area contributed by atoms with Crippen LogP contribution in [0.15, 0.2) is 0 Å². The van der Waals surface area contributed by atoms with Gasteiger partial charge in [-0.1, -0.05) is 6.92 Å². The van der Waals surface area contributed by atoms with Gasteiger partial charge in [0.2, 0.25) is 0 Å². The highest BCUT2D eigenvalue weighted by Crippen LogP contribution is 2.12. The first-order chi connectivity index (χ1) is 6.74. The van der Waals surface area contributed by atoms with Crippen molar-refractivity contribution >= 4 is 0 Å². The van der Waals surface area contributed by atoms with Crippen LogP contribution in [0.1, 0.15) is 33.1 Å². The first-order valence-corrected chi connectivity index (χ1v) is 5.87. The van der Waals surface area contributed by atoms with E-state index in [0.29, 0.717) is 6.04 Å². The normalized spacial score (nSPS) is 21.4. The Morgan fingerprint density at radius 2 is 2.07 bits per heavy atom. The maximum absolute atomic E-state index is 9.42. The Bertz CT molecular complexity index is 144. The third kappa shape index (κ3) is 3.95. The van der Waals surface area contributed by atoms with Crippen LogP contribution in [0.3, 0.4) is 0 Å². The van der Waals surface area contributed by atoms with Crippen molar-refractivity contribution in [2.75, 3.05) is 26.2 Å². The minimum Gasteiger partial charge on any atom is -0.392 e. The van der Waals surface area contributed by atoms with Gasteiger partial charge in [-0.2, -0.15) is 0 Å². The minimum absolute atomic E-state index is 0.198. The zero-order chi connectivity index (χ0) is 10.4. The molecular weight excluding hydrogens is 176 g/mol. The van der Waals surface area contributed by atoms with Crippen LogP contribution in [-0.4, -0.2) is 48.3 Å². The van der Waals surface area contributed by atoms with E-state index in [4.69, 9.17) is 0 Å². The lowest BCUT2D eigenvalue weighted by atomic mass is 10.0. The Hall–Kier alpha value is -0.120. The number of rotatable bonds is 5. The molecule has 3 heteroatoms. The molecule has 1 heterocycles. The van der Waals surface area contributed by atoms with Crippen molar-refractivity contribution in [3.63, 3.8) is 0 Å². The van der Waals surface area contributed by atoms with Crippen molar-refractivity contribution < 1.29 is 5.11 Å². The second kappa shape index (κ2) is 6.38. The van der Waals surface area contributed by atoms with Gasteiger partial charge in [-0.25, -0.2) is 0 Å². The summed E-state index contributed by atoms with van der Waals surface area (Å²) in [6.07, 6.45) is 3.44. The van der Waals surface area contributed by atoms with E-state index in [9.17, 15) is 5.11 Å². The molecule has 0 amide bonds. The Morgan fingerprint density at radius 1 is 1.43 bits per heavy atom. The summed E-state index contributed by atoms with van der Waals surface area (Å²) in [6.45, 7) is 8.29. The molecule has 0 unspecified atom stereocenters. The van der Waals surface area contributed by atoms with Crippen LogP contribution in [0, 0.1) is 0 Å². The Morgan fingerprint density at radius 3 is 2.57 bits per heavy atom. The monoisotopic (exact) mass is 200 g/mol. The van der Waals surface area contributed by atoms with Gasteiger partial charge in [0.25, 0.3) is 0 Å². The van der Waals surface area contributed by atoms with Gasteiger partial charge in [-0.05, 0) is 45.8 Å². The van der Waals surface area contributed by atoms with Crippen molar-refractivity contribution in [3.05, 3.63) is 0 Å². The number of aliphatic hydroxyl groups excluding tert-OH is 1.